The second-order valence-electron chi connectivity index (χ2n) is 6.19. The number of hydrogen-bond donors (Lipinski definition) is 0. The lowest BCUT2D eigenvalue weighted by molar-refractivity contribution is -0.119. The molecule has 2 aromatic carbocycles. The maximum absolute atomic E-state index is 12.4. The van der Waals surface area contributed by atoms with Gasteiger partial charge in [-0.05, 0) is 29.0 Å². The Kier molecular flexibility index (Phi) is 5.32. The molecule has 0 heterocycles. The van der Waals surface area contributed by atoms with Gasteiger partial charge in [-0.25, -0.2) is 0 Å². The molecule has 0 radical (unpaired) electrons. The zero-order valence-corrected chi connectivity index (χ0v) is 13.2. The molecule has 110 valence electrons. The van der Waals surface area contributed by atoms with E-state index in [4.69, 9.17) is 0 Å². The van der Waals surface area contributed by atoms with Crippen molar-refractivity contribution in [3.05, 3.63) is 71.3 Å². The molecule has 1 nitrogen and oxygen atoms in total. The van der Waals surface area contributed by atoms with Crippen molar-refractivity contribution in [3.63, 3.8) is 0 Å². The summed E-state index contributed by atoms with van der Waals surface area (Å²) in [6.07, 6.45) is 1.60. The van der Waals surface area contributed by atoms with Crippen LogP contribution in [0.1, 0.15) is 43.4 Å². The van der Waals surface area contributed by atoms with Crippen LogP contribution in [0.4, 0.5) is 0 Å². The van der Waals surface area contributed by atoms with E-state index in [1.54, 1.807) is 0 Å². The van der Waals surface area contributed by atoms with Crippen molar-refractivity contribution in [1.82, 2.24) is 0 Å². The lowest BCUT2D eigenvalue weighted by Gasteiger charge is -2.12. The van der Waals surface area contributed by atoms with Crippen molar-refractivity contribution in [2.24, 2.45) is 5.92 Å². The zero-order chi connectivity index (χ0) is 15.2. The molecule has 0 spiro atoms. The Bertz CT molecular complexity index is 567. The van der Waals surface area contributed by atoms with Crippen molar-refractivity contribution in [3.8, 4) is 0 Å². The monoisotopic (exact) mass is 280 g/mol. The molecule has 0 N–H and O–H groups in total. The Morgan fingerprint density at radius 3 is 2.05 bits per heavy atom. The van der Waals surface area contributed by atoms with E-state index in [2.05, 4.69) is 38.1 Å². The first-order valence-corrected chi connectivity index (χ1v) is 7.71. The minimum absolute atomic E-state index is 0.0432. The molecule has 0 fully saturated rings. The molecule has 0 saturated heterocycles. The van der Waals surface area contributed by atoms with Gasteiger partial charge >= 0.3 is 0 Å². The molecule has 21 heavy (non-hydrogen) atoms. The van der Waals surface area contributed by atoms with Crippen LogP contribution in [0.2, 0.25) is 0 Å². The topological polar surface area (TPSA) is 17.1 Å². The first-order chi connectivity index (χ1) is 10.1. The van der Waals surface area contributed by atoms with Crippen LogP contribution >= 0.6 is 0 Å². The summed E-state index contributed by atoms with van der Waals surface area (Å²) in [7, 11) is 0. The molecule has 0 aliphatic heterocycles. The number of benzene rings is 2. The minimum Gasteiger partial charge on any atom is -0.299 e. The first-order valence-electron chi connectivity index (χ1n) is 7.71. The van der Waals surface area contributed by atoms with E-state index in [9.17, 15) is 4.79 Å². The molecule has 1 atom stereocenters. The molecule has 0 bridgehead atoms. The van der Waals surface area contributed by atoms with E-state index >= 15 is 0 Å². The summed E-state index contributed by atoms with van der Waals surface area (Å²) in [4.78, 5) is 12.4. The third-order valence-electron chi connectivity index (χ3n) is 3.83. The summed E-state index contributed by atoms with van der Waals surface area (Å²) >= 11 is 0. The van der Waals surface area contributed by atoms with Gasteiger partial charge in [-0.3, -0.25) is 4.79 Å². The molecular weight excluding hydrogens is 256 g/mol. The summed E-state index contributed by atoms with van der Waals surface area (Å²) < 4.78 is 0. The highest BCUT2D eigenvalue weighted by Gasteiger charge is 2.15. The summed E-state index contributed by atoms with van der Waals surface area (Å²) in [6.45, 7) is 6.45. The van der Waals surface area contributed by atoms with Crippen LogP contribution in [0.25, 0.3) is 0 Å². The fourth-order valence-electron chi connectivity index (χ4n) is 2.55. The van der Waals surface area contributed by atoms with Gasteiger partial charge in [0.2, 0.25) is 0 Å². The maximum Gasteiger partial charge on any atom is 0.144 e. The second-order valence-corrected chi connectivity index (χ2v) is 6.19. The molecule has 1 unspecified atom stereocenters. The van der Waals surface area contributed by atoms with E-state index in [-0.39, 0.29) is 11.7 Å². The van der Waals surface area contributed by atoms with Gasteiger partial charge in [0.1, 0.15) is 5.78 Å². The fourth-order valence-corrected chi connectivity index (χ4v) is 2.55. The van der Waals surface area contributed by atoms with Gasteiger partial charge in [0.15, 0.2) is 0 Å². The predicted octanol–water partition coefficient (Wildman–Crippen LogP) is 4.80. The van der Waals surface area contributed by atoms with Crippen molar-refractivity contribution in [2.75, 3.05) is 0 Å². The highest BCUT2D eigenvalue weighted by atomic mass is 16.1. The Hall–Kier alpha value is -1.89. The van der Waals surface area contributed by atoms with Gasteiger partial charge in [-0.1, -0.05) is 75.4 Å². The SMILES string of the molecule is CC(C)Cc1ccc(C(C)C(=O)Cc2ccccc2)cc1. The molecular formula is C20H24O. The van der Waals surface area contributed by atoms with E-state index in [0.29, 0.717) is 12.3 Å². The fraction of sp³-hybridized carbons (Fsp3) is 0.350. The molecule has 2 rings (SSSR count). The van der Waals surface area contributed by atoms with Crippen molar-refractivity contribution in [2.45, 2.75) is 39.5 Å². The van der Waals surface area contributed by atoms with Crippen LogP contribution in [0, 0.1) is 5.92 Å². The maximum atomic E-state index is 12.4. The summed E-state index contributed by atoms with van der Waals surface area (Å²) in [5, 5.41) is 0. The Labute approximate surface area is 128 Å². The quantitative estimate of drug-likeness (QED) is 0.742. The highest BCUT2D eigenvalue weighted by Crippen LogP contribution is 2.20. The molecule has 2 aromatic rings. The van der Waals surface area contributed by atoms with Gasteiger partial charge in [0.25, 0.3) is 0 Å². The highest BCUT2D eigenvalue weighted by molar-refractivity contribution is 5.87. The van der Waals surface area contributed by atoms with Crippen LogP contribution in [-0.4, -0.2) is 5.78 Å². The number of rotatable bonds is 6. The Morgan fingerprint density at radius 1 is 0.857 bits per heavy atom. The zero-order valence-electron chi connectivity index (χ0n) is 13.2. The normalized spacial score (nSPS) is 12.4. The van der Waals surface area contributed by atoms with Crippen LogP contribution in [0.15, 0.2) is 54.6 Å². The number of carbonyl (C=O) groups is 1. The predicted molar refractivity (Wildman–Crippen MR) is 88.6 cm³/mol. The summed E-state index contributed by atoms with van der Waals surface area (Å²) in [5.74, 6) is 0.893. The Balaban J connectivity index is 2.02. The van der Waals surface area contributed by atoms with E-state index in [1.165, 1.54) is 5.56 Å². The van der Waals surface area contributed by atoms with Gasteiger partial charge in [-0.15, -0.1) is 0 Å². The average molecular weight is 280 g/mol. The third-order valence-corrected chi connectivity index (χ3v) is 3.83. The number of Topliss-reactive ketones (excluding diaryl/α,β-unsaturated/α-hetero) is 1. The number of carbonyl (C=O) groups excluding carboxylic acids is 1. The van der Waals surface area contributed by atoms with Crippen LogP contribution in [0.5, 0.6) is 0 Å². The first kappa shape index (κ1) is 15.5. The number of ketones is 1. The molecule has 1 heteroatoms. The molecule has 0 aliphatic rings. The molecule has 0 saturated carbocycles. The lowest BCUT2D eigenvalue weighted by atomic mass is 9.91. The second kappa shape index (κ2) is 7.21. The summed E-state index contributed by atoms with van der Waals surface area (Å²) in [6, 6.07) is 18.5. The van der Waals surface area contributed by atoms with Gasteiger partial charge < -0.3 is 0 Å². The van der Waals surface area contributed by atoms with Crippen LogP contribution in [-0.2, 0) is 17.6 Å². The molecule has 0 aromatic heterocycles. The van der Waals surface area contributed by atoms with E-state index in [0.717, 1.165) is 17.5 Å². The van der Waals surface area contributed by atoms with E-state index < -0.39 is 0 Å². The van der Waals surface area contributed by atoms with E-state index in [1.807, 2.05) is 37.3 Å². The third kappa shape index (κ3) is 4.56. The molecule has 0 aliphatic carbocycles. The Morgan fingerprint density at radius 2 is 1.48 bits per heavy atom. The van der Waals surface area contributed by atoms with Crippen molar-refractivity contribution < 1.29 is 4.79 Å². The smallest absolute Gasteiger partial charge is 0.144 e. The van der Waals surface area contributed by atoms with Crippen molar-refractivity contribution in [1.29, 1.82) is 0 Å². The lowest BCUT2D eigenvalue weighted by Crippen LogP contribution is -2.12. The van der Waals surface area contributed by atoms with Crippen LogP contribution in [0.3, 0.4) is 0 Å². The van der Waals surface area contributed by atoms with Gasteiger partial charge in [-0.2, -0.15) is 0 Å². The van der Waals surface area contributed by atoms with Crippen molar-refractivity contribution >= 4 is 5.78 Å². The van der Waals surface area contributed by atoms with Gasteiger partial charge in [0.05, 0.1) is 0 Å². The minimum atomic E-state index is -0.0432. The van der Waals surface area contributed by atoms with Crippen LogP contribution < -0.4 is 0 Å². The van der Waals surface area contributed by atoms with Gasteiger partial charge in [0, 0.05) is 12.3 Å². The largest absolute Gasteiger partial charge is 0.299 e. The average Bonchev–Trinajstić information content (AvgIpc) is 2.47. The summed E-state index contributed by atoms with van der Waals surface area (Å²) in [5.41, 5.74) is 3.55. The molecule has 0 amide bonds. The number of hydrogen-bond acceptors (Lipinski definition) is 1. The standard InChI is InChI=1S/C20H24O/c1-15(2)13-18-9-11-19(12-10-18)16(3)20(21)14-17-7-5-4-6-8-17/h4-12,15-16H,13-14H2,1-3H3.